The second-order valence-corrected chi connectivity index (χ2v) is 6.92. The van der Waals surface area contributed by atoms with Gasteiger partial charge in [-0.2, -0.15) is 0 Å². The lowest BCUT2D eigenvalue weighted by atomic mass is 10.0. The number of nitrogen functional groups attached to an aromatic ring is 1. The van der Waals surface area contributed by atoms with Crippen LogP contribution in [0.3, 0.4) is 0 Å². The van der Waals surface area contributed by atoms with Crippen molar-refractivity contribution in [3.63, 3.8) is 0 Å². The average Bonchev–Trinajstić information content (AvgIpc) is 3.38. The van der Waals surface area contributed by atoms with Gasteiger partial charge in [-0.15, -0.1) is 0 Å². The summed E-state index contributed by atoms with van der Waals surface area (Å²) in [6.45, 7) is 4.12. The smallest absolute Gasteiger partial charge is 0.293 e. The van der Waals surface area contributed by atoms with Crippen LogP contribution in [0.2, 0.25) is 0 Å². The molecule has 7 heteroatoms. The lowest BCUT2D eigenvalue weighted by Gasteiger charge is -2.33. The van der Waals surface area contributed by atoms with Crippen LogP contribution in [0.1, 0.15) is 41.6 Å². The number of likely N-dealkylation sites (tertiary alicyclic amines) is 1. The second kappa shape index (κ2) is 6.76. The number of hydrogen-bond donors (Lipinski definition) is 2. The van der Waals surface area contributed by atoms with Crippen molar-refractivity contribution in [2.75, 3.05) is 25.4 Å². The number of hydrogen-bond acceptors (Lipinski definition) is 5. The van der Waals surface area contributed by atoms with E-state index in [0.717, 1.165) is 25.3 Å². The molecule has 1 saturated heterocycles. The van der Waals surface area contributed by atoms with Crippen LogP contribution in [0.15, 0.2) is 12.1 Å². The molecule has 0 bridgehead atoms. The molecule has 1 amide bonds. The fraction of sp³-hybridized carbons (Fsp3) is 0.588. The lowest BCUT2D eigenvalue weighted by Crippen LogP contribution is -2.45. The highest BCUT2D eigenvalue weighted by Gasteiger charge is 2.28. The molecule has 3 rings (SSSR count). The molecule has 1 heterocycles. The van der Waals surface area contributed by atoms with Gasteiger partial charge in [0.05, 0.1) is 10.5 Å². The summed E-state index contributed by atoms with van der Waals surface area (Å²) in [5, 5.41) is 14.7. The molecule has 0 radical (unpaired) electrons. The van der Waals surface area contributed by atoms with E-state index in [2.05, 4.69) is 5.32 Å². The third-order valence-electron chi connectivity index (χ3n) is 4.90. The Morgan fingerprint density at radius 2 is 2.00 bits per heavy atom. The molecule has 2 fully saturated rings. The van der Waals surface area contributed by atoms with Gasteiger partial charge in [0, 0.05) is 25.2 Å². The molecule has 7 nitrogen and oxygen atoms in total. The summed E-state index contributed by atoms with van der Waals surface area (Å²) in [4.78, 5) is 25.0. The van der Waals surface area contributed by atoms with E-state index in [-0.39, 0.29) is 22.8 Å². The van der Waals surface area contributed by atoms with E-state index in [4.69, 9.17) is 5.73 Å². The number of nitrogens with zero attached hydrogens (tertiary/aromatic N) is 2. The second-order valence-electron chi connectivity index (χ2n) is 6.92. The maximum Gasteiger partial charge on any atom is 0.293 e. The molecule has 3 N–H and O–H groups in total. The third kappa shape index (κ3) is 3.67. The quantitative estimate of drug-likeness (QED) is 0.488. The zero-order chi connectivity index (χ0) is 17.3. The van der Waals surface area contributed by atoms with Crippen molar-refractivity contribution >= 4 is 17.3 Å². The van der Waals surface area contributed by atoms with Crippen molar-refractivity contribution in [1.82, 2.24) is 10.2 Å². The summed E-state index contributed by atoms with van der Waals surface area (Å²) in [6.07, 6.45) is 4.48. The van der Waals surface area contributed by atoms with Gasteiger partial charge in [-0.3, -0.25) is 14.9 Å². The highest BCUT2D eigenvalue weighted by Crippen LogP contribution is 2.30. The first kappa shape index (κ1) is 16.7. The zero-order valence-electron chi connectivity index (χ0n) is 14.0. The fourth-order valence-corrected chi connectivity index (χ4v) is 3.22. The number of nitrogens with two attached hydrogens (primary N) is 1. The number of aryl methyl sites for hydroxylation is 1. The Kier molecular flexibility index (Phi) is 4.71. The number of amides is 1. The minimum atomic E-state index is -0.535. The van der Waals surface area contributed by atoms with Crippen LogP contribution in [0.25, 0.3) is 0 Å². The molecular formula is C17H24N4O3. The van der Waals surface area contributed by atoms with Gasteiger partial charge in [0.2, 0.25) is 0 Å². The van der Waals surface area contributed by atoms with Crippen LogP contribution in [0.4, 0.5) is 11.4 Å². The number of carbonyl (C=O) groups excluding carboxylic acids is 1. The van der Waals surface area contributed by atoms with Crippen molar-refractivity contribution in [2.45, 2.75) is 38.6 Å². The molecule has 1 aliphatic carbocycles. The SMILES string of the molecule is Cc1cc(C(=O)N2CCC(NCC3CC3)CC2)c(N)c([N+](=O)[O-])c1. The normalized spacial score (nSPS) is 18.6. The number of rotatable bonds is 5. The molecule has 1 aliphatic heterocycles. The molecular weight excluding hydrogens is 308 g/mol. The summed E-state index contributed by atoms with van der Waals surface area (Å²) in [5.74, 6) is 0.636. The van der Waals surface area contributed by atoms with Crippen molar-refractivity contribution in [2.24, 2.45) is 5.92 Å². The number of nitro groups is 1. The van der Waals surface area contributed by atoms with E-state index >= 15 is 0 Å². The van der Waals surface area contributed by atoms with Gasteiger partial charge < -0.3 is 16.0 Å². The predicted octanol–water partition coefficient (Wildman–Crippen LogP) is 2.09. The van der Waals surface area contributed by atoms with Gasteiger partial charge in [0.15, 0.2) is 0 Å². The van der Waals surface area contributed by atoms with Gasteiger partial charge in [-0.25, -0.2) is 0 Å². The first-order valence-corrected chi connectivity index (χ1v) is 8.53. The highest BCUT2D eigenvalue weighted by molar-refractivity contribution is 6.01. The molecule has 0 aromatic heterocycles. The van der Waals surface area contributed by atoms with Crippen LogP contribution in [0, 0.1) is 23.0 Å². The van der Waals surface area contributed by atoms with E-state index in [0.29, 0.717) is 24.7 Å². The largest absolute Gasteiger partial charge is 0.393 e. The van der Waals surface area contributed by atoms with Gasteiger partial charge in [0.25, 0.3) is 11.6 Å². The maximum atomic E-state index is 12.7. The van der Waals surface area contributed by atoms with E-state index in [1.807, 2.05) is 0 Å². The third-order valence-corrected chi connectivity index (χ3v) is 4.90. The number of anilines is 1. The molecule has 1 aromatic carbocycles. The minimum absolute atomic E-state index is 0.0374. The summed E-state index contributed by atoms with van der Waals surface area (Å²) >= 11 is 0. The first-order valence-electron chi connectivity index (χ1n) is 8.53. The van der Waals surface area contributed by atoms with Gasteiger partial charge in [-0.1, -0.05) is 0 Å². The topological polar surface area (TPSA) is 102 Å². The van der Waals surface area contributed by atoms with Gasteiger partial charge >= 0.3 is 0 Å². The van der Waals surface area contributed by atoms with Crippen LogP contribution in [-0.2, 0) is 0 Å². The van der Waals surface area contributed by atoms with Crippen molar-refractivity contribution in [1.29, 1.82) is 0 Å². The van der Waals surface area contributed by atoms with Gasteiger partial charge in [0.1, 0.15) is 5.69 Å². The first-order chi connectivity index (χ1) is 11.5. The van der Waals surface area contributed by atoms with Crippen LogP contribution in [-0.4, -0.2) is 41.4 Å². The summed E-state index contributed by atoms with van der Waals surface area (Å²) in [5.41, 5.74) is 6.55. The Labute approximate surface area is 141 Å². The molecule has 0 unspecified atom stereocenters. The molecule has 0 spiro atoms. The standard InChI is InChI=1S/C17H24N4O3/c1-11-8-14(16(18)15(9-11)21(23)24)17(22)20-6-4-13(5-7-20)19-10-12-2-3-12/h8-9,12-13,19H,2-7,10,18H2,1H3. The van der Waals surface area contributed by atoms with E-state index in [1.54, 1.807) is 17.9 Å². The molecule has 1 aromatic rings. The van der Waals surface area contributed by atoms with Crippen LogP contribution >= 0.6 is 0 Å². The van der Waals surface area contributed by atoms with Crippen molar-refractivity contribution in [3.8, 4) is 0 Å². The van der Waals surface area contributed by atoms with E-state index in [9.17, 15) is 14.9 Å². The molecule has 24 heavy (non-hydrogen) atoms. The fourth-order valence-electron chi connectivity index (χ4n) is 3.22. The minimum Gasteiger partial charge on any atom is -0.393 e. The highest BCUT2D eigenvalue weighted by atomic mass is 16.6. The monoisotopic (exact) mass is 332 g/mol. The average molecular weight is 332 g/mol. The molecule has 2 aliphatic rings. The van der Waals surface area contributed by atoms with Crippen molar-refractivity contribution < 1.29 is 9.72 Å². The number of nitrogens with one attached hydrogen (secondary N) is 1. The van der Waals surface area contributed by atoms with E-state index < -0.39 is 4.92 Å². The van der Waals surface area contributed by atoms with E-state index in [1.165, 1.54) is 18.9 Å². The molecule has 1 saturated carbocycles. The molecule has 0 atom stereocenters. The predicted molar refractivity (Wildman–Crippen MR) is 91.9 cm³/mol. The number of benzene rings is 1. The Morgan fingerprint density at radius 1 is 1.33 bits per heavy atom. The number of nitro benzene ring substituents is 1. The zero-order valence-corrected chi connectivity index (χ0v) is 14.0. The van der Waals surface area contributed by atoms with Crippen LogP contribution < -0.4 is 11.1 Å². The molecule has 130 valence electrons. The lowest BCUT2D eigenvalue weighted by molar-refractivity contribution is -0.384. The van der Waals surface area contributed by atoms with Crippen LogP contribution in [0.5, 0.6) is 0 Å². The van der Waals surface area contributed by atoms with Gasteiger partial charge in [-0.05, 0) is 56.7 Å². The maximum absolute atomic E-state index is 12.7. The summed E-state index contributed by atoms with van der Waals surface area (Å²) in [6, 6.07) is 3.50. The summed E-state index contributed by atoms with van der Waals surface area (Å²) in [7, 11) is 0. The number of carbonyl (C=O) groups is 1. The summed E-state index contributed by atoms with van der Waals surface area (Å²) < 4.78 is 0. The number of piperidine rings is 1. The Balaban J connectivity index is 1.65. The Bertz CT molecular complexity index is 649. The Hall–Kier alpha value is -2.15. The Morgan fingerprint density at radius 3 is 2.58 bits per heavy atom. The van der Waals surface area contributed by atoms with Crippen molar-refractivity contribution in [3.05, 3.63) is 33.4 Å².